The predicted molar refractivity (Wildman–Crippen MR) is 106 cm³/mol. The van der Waals surface area contributed by atoms with Crippen LogP contribution in [0, 0.1) is 0 Å². The van der Waals surface area contributed by atoms with Gasteiger partial charge in [0.05, 0.1) is 22.7 Å². The molecule has 0 aliphatic carbocycles. The molecule has 0 bridgehead atoms. The molecule has 156 valence electrons. The van der Waals surface area contributed by atoms with Crippen LogP contribution in [-0.2, 0) is 16.2 Å². The minimum absolute atomic E-state index is 0.0210. The Morgan fingerprint density at radius 2 is 1.86 bits per heavy atom. The Morgan fingerprint density at radius 1 is 1.14 bits per heavy atom. The highest BCUT2D eigenvalue weighted by Crippen LogP contribution is 2.38. The van der Waals surface area contributed by atoms with Gasteiger partial charge in [0.15, 0.2) is 0 Å². The zero-order chi connectivity index (χ0) is 21.2. The van der Waals surface area contributed by atoms with E-state index in [1.807, 2.05) is 26.0 Å². The molecule has 0 unspecified atom stereocenters. The Morgan fingerprint density at radius 3 is 2.52 bits per heavy atom. The van der Waals surface area contributed by atoms with Gasteiger partial charge in [0, 0.05) is 0 Å². The zero-order valence-electron chi connectivity index (χ0n) is 16.2. The molecule has 29 heavy (non-hydrogen) atoms. The van der Waals surface area contributed by atoms with Gasteiger partial charge < -0.3 is 4.74 Å². The maximum Gasteiger partial charge on any atom is 0.416 e. The van der Waals surface area contributed by atoms with Crippen molar-refractivity contribution >= 4 is 21.8 Å². The van der Waals surface area contributed by atoms with Crippen LogP contribution in [0.2, 0.25) is 0 Å². The highest BCUT2D eigenvalue weighted by molar-refractivity contribution is 7.92. The van der Waals surface area contributed by atoms with E-state index in [0.29, 0.717) is 17.5 Å². The Labute approximate surface area is 168 Å². The minimum Gasteiger partial charge on any atom is -0.489 e. The second-order valence-corrected chi connectivity index (χ2v) is 8.55. The van der Waals surface area contributed by atoms with Crippen molar-refractivity contribution in [2.75, 3.05) is 17.5 Å². The molecule has 0 N–H and O–H groups in total. The zero-order valence-corrected chi connectivity index (χ0v) is 17.0. The monoisotopic (exact) mass is 425 g/mol. The van der Waals surface area contributed by atoms with E-state index < -0.39 is 26.7 Å². The van der Waals surface area contributed by atoms with Crippen LogP contribution in [0.4, 0.5) is 18.9 Å². The molecule has 4 nitrogen and oxygen atoms in total. The van der Waals surface area contributed by atoms with Crippen molar-refractivity contribution in [3.05, 3.63) is 59.2 Å². The van der Waals surface area contributed by atoms with Crippen LogP contribution in [-0.4, -0.2) is 21.6 Å². The Balaban J connectivity index is 2.06. The number of nitrogens with zero attached hydrogens (tertiary/aromatic N) is 1. The van der Waals surface area contributed by atoms with Gasteiger partial charge in [-0.2, -0.15) is 13.2 Å². The van der Waals surface area contributed by atoms with Gasteiger partial charge in [0.1, 0.15) is 12.4 Å². The van der Waals surface area contributed by atoms with E-state index in [4.69, 9.17) is 4.74 Å². The third kappa shape index (κ3) is 4.42. The number of fused-ring (bicyclic) bond motifs is 1. The molecule has 2 aromatic carbocycles. The molecule has 1 aliphatic rings. The summed E-state index contributed by atoms with van der Waals surface area (Å²) in [5, 5.41) is 0. The lowest BCUT2D eigenvalue weighted by Gasteiger charge is -2.31. The summed E-state index contributed by atoms with van der Waals surface area (Å²) in [6.07, 6.45) is -0.889. The molecule has 0 fully saturated rings. The summed E-state index contributed by atoms with van der Waals surface area (Å²) in [5.74, 6) is 0.387. The number of hydrogen-bond donors (Lipinski definition) is 0. The van der Waals surface area contributed by atoms with E-state index in [1.165, 1.54) is 11.6 Å². The van der Waals surface area contributed by atoms with Crippen molar-refractivity contribution in [1.29, 1.82) is 0 Å². The summed E-state index contributed by atoms with van der Waals surface area (Å²) in [5.41, 5.74) is 1.35. The summed E-state index contributed by atoms with van der Waals surface area (Å²) >= 11 is 0. The van der Waals surface area contributed by atoms with Crippen LogP contribution in [0.5, 0.6) is 5.75 Å². The van der Waals surface area contributed by atoms with E-state index in [9.17, 15) is 21.6 Å². The third-order valence-electron chi connectivity index (χ3n) is 4.83. The number of ether oxygens (including phenoxy) is 1. The summed E-state index contributed by atoms with van der Waals surface area (Å²) in [4.78, 5) is -0.399. The third-order valence-corrected chi connectivity index (χ3v) is 6.64. The van der Waals surface area contributed by atoms with Crippen LogP contribution in [0.3, 0.4) is 0 Å². The van der Waals surface area contributed by atoms with Crippen LogP contribution in [0.15, 0.2) is 52.9 Å². The number of alkyl halides is 3. The summed E-state index contributed by atoms with van der Waals surface area (Å²) in [6.45, 7) is 4.23. The van der Waals surface area contributed by atoms with Crippen LogP contribution < -0.4 is 9.04 Å². The van der Waals surface area contributed by atoms with Crippen molar-refractivity contribution in [2.45, 2.75) is 37.8 Å². The van der Waals surface area contributed by atoms with Gasteiger partial charge in [-0.3, -0.25) is 4.31 Å². The van der Waals surface area contributed by atoms with Crippen LogP contribution in [0.1, 0.15) is 37.8 Å². The maximum absolute atomic E-state index is 13.2. The Hall–Kier alpha value is -2.48. The second kappa shape index (κ2) is 8.10. The minimum atomic E-state index is -4.62. The van der Waals surface area contributed by atoms with Gasteiger partial charge in [0.25, 0.3) is 10.0 Å². The number of allylic oxidation sites excluding steroid dienone is 1. The van der Waals surface area contributed by atoms with Gasteiger partial charge >= 0.3 is 6.18 Å². The van der Waals surface area contributed by atoms with Crippen molar-refractivity contribution in [3.8, 4) is 5.75 Å². The first-order chi connectivity index (χ1) is 13.7. The van der Waals surface area contributed by atoms with Gasteiger partial charge in [-0.1, -0.05) is 37.6 Å². The summed E-state index contributed by atoms with van der Waals surface area (Å²) in [6, 6.07) is 9.03. The molecule has 3 rings (SSSR count). The standard InChI is InChI=1S/C21H22F3NO3S/c1-3-15(4-2)12-16-8-9-20-19(13-16)25(10-11-28-20)29(26,27)18-7-5-6-17(14-18)21(22,23)24/h5-9,12-14H,3-4,10-11H2,1-2H3. The van der Waals surface area contributed by atoms with Crippen molar-refractivity contribution in [2.24, 2.45) is 0 Å². The average molecular weight is 425 g/mol. The van der Waals surface area contributed by atoms with E-state index in [-0.39, 0.29) is 13.2 Å². The fraction of sp³-hybridized carbons (Fsp3) is 0.333. The fourth-order valence-electron chi connectivity index (χ4n) is 3.20. The first-order valence-corrected chi connectivity index (χ1v) is 10.8. The molecular formula is C21H22F3NO3S. The summed E-state index contributed by atoms with van der Waals surface area (Å²) < 4.78 is 72.1. The van der Waals surface area contributed by atoms with Gasteiger partial charge in [-0.05, 0) is 48.7 Å². The molecule has 1 heterocycles. The first-order valence-electron chi connectivity index (χ1n) is 9.33. The Kier molecular flexibility index (Phi) is 5.93. The number of hydrogen-bond acceptors (Lipinski definition) is 3. The SMILES string of the molecule is CCC(=Cc1ccc2c(c1)N(S(=O)(=O)c1cccc(C(F)(F)F)c1)CCO2)CC. The van der Waals surface area contributed by atoms with Gasteiger partial charge in [-0.25, -0.2) is 8.42 Å². The average Bonchev–Trinajstić information content (AvgIpc) is 2.70. The lowest BCUT2D eigenvalue weighted by Crippen LogP contribution is -2.38. The van der Waals surface area contributed by atoms with Gasteiger partial charge in [-0.15, -0.1) is 0 Å². The van der Waals surface area contributed by atoms with Crippen molar-refractivity contribution < 1.29 is 26.3 Å². The normalized spacial score (nSPS) is 14.2. The van der Waals surface area contributed by atoms with Crippen LogP contribution >= 0.6 is 0 Å². The predicted octanol–water partition coefficient (Wildman–Crippen LogP) is 5.50. The largest absolute Gasteiger partial charge is 0.489 e. The maximum atomic E-state index is 13.2. The lowest BCUT2D eigenvalue weighted by atomic mass is 10.1. The van der Waals surface area contributed by atoms with Crippen LogP contribution in [0.25, 0.3) is 6.08 Å². The molecule has 0 radical (unpaired) electrons. The molecule has 0 amide bonds. The quantitative estimate of drug-likeness (QED) is 0.636. The molecule has 0 spiro atoms. The van der Waals surface area contributed by atoms with E-state index >= 15 is 0 Å². The fourth-order valence-corrected chi connectivity index (χ4v) is 4.70. The number of halogens is 3. The van der Waals surface area contributed by atoms with E-state index in [2.05, 4.69) is 0 Å². The number of benzene rings is 2. The van der Waals surface area contributed by atoms with Gasteiger partial charge in [0.2, 0.25) is 0 Å². The number of sulfonamides is 1. The van der Waals surface area contributed by atoms with Crippen molar-refractivity contribution in [1.82, 2.24) is 0 Å². The van der Waals surface area contributed by atoms with E-state index in [0.717, 1.165) is 34.8 Å². The molecule has 0 saturated heterocycles. The molecule has 0 aromatic heterocycles. The molecule has 1 aliphatic heterocycles. The molecule has 0 saturated carbocycles. The topological polar surface area (TPSA) is 46.6 Å². The smallest absolute Gasteiger partial charge is 0.416 e. The molecule has 0 atom stereocenters. The molecular weight excluding hydrogens is 403 g/mol. The highest BCUT2D eigenvalue weighted by Gasteiger charge is 2.34. The highest BCUT2D eigenvalue weighted by atomic mass is 32.2. The lowest BCUT2D eigenvalue weighted by molar-refractivity contribution is -0.137. The number of anilines is 1. The van der Waals surface area contributed by atoms with E-state index in [1.54, 1.807) is 12.1 Å². The summed E-state index contributed by atoms with van der Waals surface area (Å²) in [7, 11) is -4.18. The Bertz CT molecular complexity index is 1020. The second-order valence-electron chi connectivity index (χ2n) is 6.69. The molecule has 2 aromatic rings. The molecule has 8 heteroatoms. The first kappa shape index (κ1) is 21.2. The number of rotatable bonds is 5. The van der Waals surface area contributed by atoms with Crippen molar-refractivity contribution in [3.63, 3.8) is 0 Å².